The standard InChI is InChI=1S/C17H29N3O2/c1-4-11-20-14(3)15(13(2)19-20)16(21)18-12-17(22)9-7-5-6-8-10-17/h22H,4-12H2,1-3H3,(H,18,21). The summed E-state index contributed by atoms with van der Waals surface area (Å²) >= 11 is 0. The Kier molecular flexibility index (Phi) is 5.62. The Labute approximate surface area is 133 Å². The van der Waals surface area contributed by atoms with Crippen LogP contribution in [0.3, 0.4) is 0 Å². The first-order chi connectivity index (χ1) is 10.5. The Bertz CT molecular complexity index is 514. The van der Waals surface area contributed by atoms with Gasteiger partial charge in [0.1, 0.15) is 0 Å². The van der Waals surface area contributed by atoms with Crippen LogP contribution >= 0.6 is 0 Å². The molecule has 124 valence electrons. The molecular formula is C17H29N3O2. The maximum absolute atomic E-state index is 12.5. The van der Waals surface area contributed by atoms with Gasteiger partial charge < -0.3 is 10.4 Å². The van der Waals surface area contributed by atoms with Crippen molar-refractivity contribution in [3.05, 3.63) is 17.0 Å². The average molecular weight is 307 g/mol. The minimum absolute atomic E-state index is 0.116. The molecule has 1 heterocycles. The molecule has 0 spiro atoms. The fourth-order valence-corrected chi connectivity index (χ4v) is 3.35. The van der Waals surface area contributed by atoms with Crippen molar-refractivity contribution in [2.75, 3.05) is 6.54 Å². The molecule has 1 aromatic rings. The van der Waals surface area contributed by atoms with E-state index in [0.29, 0.717) is 12.1 Å². The predicted octanol–water partition coefficient (Wildman–Crippen LogP) is 2.73. The molecule has 0 radical (unpaired) electrons. The third-order valence-electron chi connectivity index (χ3n) is 4.66. The van der Waals surface area contributed by atoms with E-state index < -0.39 is 5.60 Å². The number of carbonyl (C=O) groups excluding carboxylic acids is 1. The number of nitrogens with one attached hydrogen (secondary N) is 1. The zero-order valence-electron chi connectivity index (χ0n) is 14.1. The van der Waals surface area contributed by atoms with Gasteiger partial charge in [-0.25, -0.2) is 0 Å². The first-order valence-electron chi connectivity index (χ1n) is 8.51. The summed E-state index contributed by atoms with van der Waals surface area (Å²) in [5, 5.41) is 18.0. The summed E-state index contributed by atoms with van der Waals surface area (Å²) < 4.78 is 1.89. The molecule has 1 saturated carbocycles. The van der Waals surface area contributed by atoms with Crippen molar-refractivity contribution in [2.24, 2.45) is 0 Å². The van der Waals surface area contributed by atoms with Gasteiger partial charge in [0.25, 0.3) is 5.91 Å². The van der Waals surface area contributed by atoms with E-state index in [1.54, 1.807) is 0 Å². The van der Waals surface area contributed by atoms with Gasteiger partial charge in [-0.3, -0.25) is 9.48 Å². The van der Waals surface area contributed by atoms with Crippen molar-refractivity contribution >= 4 is 5.91 Å². The van der Waals surface area contributed by atoms with Crippen molar-refractivity contribution in [3.8, 4) is 0 Å². The normalized spacial score (nSPS) is 18.0. The minimum Gasteiger partial charge on any atom is -0.388 e. The molecule has 0 aliphatic heterocycles. The van der Waals surface area contributed by atoms with Crippen molar-refractivity contribution in [1.82, 2.24) is 15.1 Å². The number of aliphatic hydroxyl groups is 1. The highest BCUT2D eigenvalue weighted by Crippen LogP contribution is 2.26. The van der Waals surface area contributed by atoms with Crippen molar-refractivity contribution in [1.29, 1.82) is 0 Å². The molecule has 1 fully saturated rings. The largest absolute Gasteiger partial charge is 0.388 e. The highest BCUT2D eigenvalue weighted by atomic mass is 16.3. The molecule has 2 rings (SSSR count). The Morgan fingerprint density at radius 1 is 1.27 bits per heavy atom. The maximum atomic E-state index is 12.5. The van der Waals surface area contributed by atoms with Gasteiger partial charge in [-0.15, -0.1) is 0 Å². The van der Waals surface area contributed by atoms with Gasteiger partial charge in [0, 0.05) is 18.8 Å². The summed E-state index contributed by atoms with van der Waals surface area (Å²) in [6.07, 6.45) is 6.98. The molecule has 0 bridgehead atoms. The first kappa shape index (κ1) is 17.0. The molecule has 22 heavy (non-hydrogen) atoms. The van der Waals surface area contributed by atoms with Crippen molar-refractivity contribution in [3.63, 3.8) is 0 Å². The molecule has 5 heteroatoms. The fraction of sp³-hybridized carbons (Fsp3) is 0.765. The second-order valence-electron chi connectivity index (χ2n) is 6.59. The van der Waals surface area contributed by atoms with Crippen LogP contribution in [0.5, 0.6) is 0 Å². The lowest BCUT2D eigenvalue weighted by atomic mass is 9.94. The third-order valence-corrected chi connectivity index (χ3v) is 4.66. The Morgan fingerprint density at radius 2 is 1.91 bits per heavy atom. The first-order valence-corrected chi connectivity index (χ1v) is 8.51. The molecule has 5 nitrogen and oxygen atoms in total. The molecule has 2 N–H and O–H groups in total. The third kappa shape index (κ3) is 3.88. The van der Waals surface area contributed by atoms with Crippen LogP contribution in [0.2, 0.25) is 0 Å². The van der Waals surface area contributed by atoms with E-state index in [2.05, 4.69) is 17.3 Å². The van der Waals surface area contributed by atoms with Crippen LogP contribution in [0.4, 0.5) is 0 Å². The number of nitrogens with zero attached hydrogens (tertiary/aromatic N) is 2. The molecule has 0 atom stereocenters. The highest BCUT2D eigenvalue weighted by Gasteiger charge is 2.29. The van der Waals surface area contributed by atoms with Gasteiger partial charge >= 0.3 is 0 Å². The summed E-state index contributed by atoms with van der Waals surface area (Å²) in [6.45, 7) is 7.06. The Balaban J connectivity index is 2.03. The SMILES string of the molecule is CCCn1nc(C)c(C(=O)NCC2(O)CCCCCC2)c1C. The van der Waals surface area contributed by atoms with Crippen LogP contribution in [-0.2, 0) is 6.54 Å². The van der Waals surface area contributed by atoms with E-state index in [1.165, 1.54) is 12.8 Å². The number of aromatic nitrogens is 2. The fourth-order valence-electron chi connectivity index (χ4n) is 3.35. The van der Waals surface area contributed by atoms with E-state index >= 15 is 0 Å². The number of amides is 1. The summed E-state index contributed by atoms with van der Waals surface area (Å²) in [6, 6.07) is 0. The van der Waals surface area contributed by atoms with E-state index in [4.69, 9.17) is 0 Å². The Morgan fingerprint density at radius 3 is 2.50 bits per heavy atom. The van der Waals surface area contributed by atoms with Crippen LogP contribution in [0.25, 0.3) is 0 Å². The van der Waals surface area contributed by atoms with E-state index in [0.717, 1.165) is 50.0 Å². The lowest BCUT2D eigenvalue weighted by Crippen LogP contribution is -2.42. The van der Waals surface area contributed by atoms with Gasteiger partial charge in [0.15, 0.2) is 0 Å². The maximum Gasteiger partial charge on any atom is 0.255 e. The Hall–Kier alpha value is -1.36. The summed E-state index contributed by atoms with van der Waals surface area (Å²) in [5.41, 5.74) is 1.58. The van der Waals surface area contributed by atoms with Gasteiger partial charge in [-0.2, -0.15) is 5.10 Å². The minimum atomic E-state index is -0.743. The molecular weight excluding hydrogens is 278 g/mol. The molecule has 1 aliphatic rings. The van der Waals surface area contributed by atoms with Crippen molar-refractivity contribution in [2.45, 2.75) is 77.9 Å². The summed E-state index contributed by atoms with van der Waals surface area (Å²) in [4.78, 5) is 12.5. The predicted molar refractivity (Wildman–Crippen MR) is 87.0 cm³/mol. The molecule has 1 aromatic heterocycles. The molecule has 0 saturated heterocycles. The zero-order chi connectivity index (χ0) is 16.2. The topological polar surface area (TPSA) is 67.2 Å². The van der Waals surface area contributed by atoms with E-state index in [9.17, 15) is 9.90 Å². The van der Waals surface area contributed by atoms with Crippen LogP contribution < -0.4 is 5.32 Å². The van der Waals surface area contributed by atoms with Crippen LogP contribution in [0.1, 0.15) is 73.6 Å². The zero-order valence-corrected chi connectivity index (χ0v) is 14.1. The van der Waals surface area contributed by atoms with E-state index in [1.807, 2.05) is 18.5 Å². The molecule has 1 amide bonds. The smallest absolute Gasteiger partial charge is 0.255 e. The van der Waals surface area contributed by atoms with Gasteiger partial charge in [-0.1, -0.05) is 32.6 Å². The number of rotatable bonds is 5. The van der Waals surface area contributed by atoms with Gasteiger partial charge in [0.05, 0.1) is 16.9 Å². The van der Waals surface area contributed by atoms with Crippen LogP contribution in [-0.4, -0.2) is 32.9 Å². The van der Waals surface area contributed by atoms with Crippen LogP contribution in [0, 0.1) is 13.8 Å². The summed E-state index contributed by atoms with van der Waals surface area (Å²) in [7, 11) is 0. The number of aryl methyl sites for hydroxylation is 2. The average Bonchev–Trinajstić information content (AvgIpc) is 2.65. The van der Waals surface area contributed by atoms with E-state index in [-0.39, 0.29) is 5.91 Å². The molecule has 0 unspecified atom stereocenters. The molecule has 1 aliphatic carbocycles. The number of hydrogen-bond acceptors (Lipinski definition) is 3. The lowest BCUT2D eigenvalue weighted by Gasteiger charge is -2.26. The van der Waals surface area contributed by atoms with Crippen molar-refractivity contribution < 1.29 is 9.90 Å². The number of carbonyl (C=O) groups is 1. The molecule has 0 aromatic carbocycles. The highest BCUT2D eigenvalue weighted by molar-refractivity contribution is 5.96. The van der Waals surface area contributed by atoms with Gasteiger partial charge in [0.2, 0.25) is 0 Å². The lowest BCUT2D eigenvalue weighted by molar-refractivity contribution is 0.0246. The second-order valence-corrected chi connectivity index (χ2v) is 6.59. The monoisotopic (exact) mass is 307 g/mol. The second kappa shape index (κ2) is 7.27. The quantitative estimate of drug-likeness (QED) is 0.822. The summed E-state index contributed by atoms with van der Waals surface area (Å²) in [5.74, 6) is -0.116. The van der Waals surface area contributed by atoms with Gasteiger partial charge in [-0.05, 0) is 33.1 Å². The van der Waals surface area contributed by atoms with Crippen LogP contribution in [0.15, 0.2) is 0 Å². The number of hydrogen-bond donors (Lipinski definition) is 2.